The smallest absolute Gasteiger partial charge is 0.321 e. The van der Waals surface area contributed by atoms with E-state index in [1.165, 1.54) is 0 Å². The average Bonchev–Trinajstić information content (AvgIpc) is 2.48. The van der Waals surface area contributed by atoms with Crippen LogP contribution in [0.1, 0.15) is 18.4 Å². The summed E-state index contributed by atoms with van der Waals surface area (Å²) in [6.07, 6.45) is 1.01. The number of rotatable bonds is 4. The summed E-state index contributed by atoms with van der Waals surface area (Å²) in [6, 6.07) is 7.29. The molecule has 0 aromatic heterocycles. The molecule has 1 aliphatic rings. The van der Waals surface area contributed by atoms with Gasteiger partial charge in [0.05, 0.1) is 12.5 Å². The van der Waals surface area contributed by atoms with Crippen molar-refractivity contribution < 1.29 is 19.4 Å². The number of carboxylic acid groups (broad SMARTS) is 1. The molecule has 21 heavy (non-hydrogen) atoms. The first-order valence-electron chi connectivity index (χ1n) is 6.96. The lowest BCUT2D eigenvalue weighted by molar-refractivity contribution is -0.143. The number of carboxylic acids is 1. The zero-order chi connectivity index (χ0) is 15.2. The molecule has 0 spiro atoms. The van der Waals surface area contributed by atoms with Crippen LogP contribution >= 0.6 is 0 Å². The molecule has 0 saturated carbocycles. The number of methoxy groups -OCH3 is 1. The Morgan fingerprint density at radius 2 is 2.10 bits per heavy atom. The molecule has 2 N–H and O–H groups in total. The van der Waals surface area contributed by atoms with Crippen LogP contribution in [0.25, 0.3) is 0 Å². The van der Waals surface area contributed by atoms with Crippen molar-refractivity contribution in [2.45, 2.75) is 19.4 Å². The van der Waals surface area contributed by atoms with E-state index < -0.39 is 5.97 Å². The number of aliphatic carboxylic acids is 1. The van der Waals surface area contributed by atoms with Gasteiger partial charge in [0.15, 0.2) is 0 Å². The van der Waals surface area contributed by atoms with Gasteiger partial charge in [0.2, 0.25) is 0 Å². The van der Waals surface area contributed by atoms with Crippen molar-refractivity contribution in [3.8, 4) is 0 Å². The minimum atomic E-state index is -0.776. The molecule has 1 aromatic carbocycles. The fraction of sp³-hybridized carbons (Fsp3) is 0.467. The molecule has 0 radical (unpaired) electrons. The maximum atomic E-state index is 12.1. The molecule has 6 heteroatoms. The van der Waals surface area contributed by atoms with Crippen molar-refractivity contribution >= 4 is 17.7 Å². The van der Waals surface area contributed by atoms with Crippen LogP contribution in [0.15, 0.2) is 24.3 Å². The standard InChI is InChI=1S/C15H20N2O4/c1-21-10-11-3-2-4-13(9-11)16-15(20)17-7-5-12(6-8-17)14(18)19/h2-4,9,12H,5-8,10H2,1H3,(H,16,20)(H,18,19). The van der Waals surface area contributed by atoms with Gasteiger partial charge in [-0.25, -0.2) is 4.79 Å². The molecule has 6 nitrogen and oxygen atoms in total. The van der Waals surface area contributed by atoms with Crippen LogP contribution in [0, 0.1) is 5.92 Å². The van der Waals surface area contributed by atoms with Crippen LogP contribution in [0.2, 0.25) is 0 Å². The summed E-state index contributed by atoms with van der Waals surface area (Å²) in [7, 11) is 1.62. The van der Waals surface area contributed by atoms with Gasteiger partial charge in [-0.1, -0.05) is 12.1 Å². The highest BCUT2D eigenvalue weighted by Gasteiger charge is 2.26. The lowest BCUT2D eigenvalue weighted by Crippen LogP contribution is -2.42. The number of nitrogens with one attached hydrogen (secondary N) is 1. The maximum absolute atomic E-state index is 12.1. The number of benzene rings is 1. The van der Waals surface area contributed by atoms with Crippen molar-refractivity contribution in [1.29, 1.82) is 0 Å². The Morgan fingerprint density at radius 3 is 2.71 bits per heavy atom. The van der Waals surface area contributed by atoms with E-state index in [0.717, 1.165) is 11.3 Å². The van der Waals surface area contributed by atoms with E-state index in [1.807, 2.05) is 24.3 Å². The molecular weight excluding hydrogens is 272 g/mol. The summed E-state index contributed by atoms with van der Waals surface area (Å²) in [5.74, 6) is -1.11. The SMILES string of the molecule is COCc1cccc(NC(=O)N2CCC(C(=O)O)CC2)c1. The van der Waals surface area contributed by atoms with Crippen molar-refractivity contribution in [1.82, 2.24) is 4.90 Å². The van der Waals surface area contributed by atoms with E-state index in [-0.39, 0.29) is 11.9 Å². The number of amides is 2. The van der Waals surface area contributed by atoms with E-state index in [1.54, 1.807) is 12.0 Å². The van der Waals surface area contributed by atoms with E-state index >= 15 is 0 Å². The Balaban J connectivity index is 1.90. The number of anilines is 1. The van der Waals surface area contributed by atoms with Gasteiger partial charge in [-0.2, -0.15) is 0 Å². The minimum absolute atomic E-state index is 0.187. The summed E-state index contributed by atoms with van der Waals surface area (Å²) in [5, 5.41) is 11.8. The molecule has 0 bridgehead atoms. The number of ether oxygens (including phenoxy) is 1. The summed E-state index contributed by atoms with van der Waals surface area (Å²) < 4.78 is 5.06. The van der Waals surface area contributed by atoms with E-state index in [2.05, 4.69) is 5.32 Å². The normalized spacial score (nSPS) is 15.8. The largest absolute Gasteiger partial charge is 0.481 e. The van der Waals surface area contributed by atoms with Gasteiger partial charge < -0.3 is 20.1 Å². The first-order valence-corrected chi connectivity index (χ1v) is 6.96. The van der Waals surface area contributed by atoms with E-state index in [4.69, 9.17) is 9.84 Å². The predicted molar refractivity (Wildman–Crippen MR) is 78.1 cm³/mol. The third-order valence-corrected chi connectivity index (χ3v) is 3.62. The lowest BCUT2D eigenvalue weighted by Gasteiger charge is -2.30. The van der Waals surface area contributed by atoms with Gasteiger partial charge in [-0.15, -0.1) is 0 Å². The molecule has 2 rings (SSSR count). The molecule has 1 aromatic rings. The Labute approximate surface area is 123 Å². The second-order valence-electron chi connectivity index (χ2n) is 5.16. The van der Waals surface area contributed by atoms with Gasteiger partial charge in [0.25, 0.3) is 0 Å². The number of hydrogen-bond donors (Lipinski definition) is 2. The van der Waals surface area contributed by atoms with Gasteiger partial charge in [-0.05, 0) is 30.5 Å². The minimum Gasteiger partial charge on any atom is -0.481 e. The first-order chi connectivity index (χ1) is 10.1. The number of carbonyl (C=O) groups excluding carboxylic acids is 1. The molecule has 1 fully saturated rings. The Morgan fingerprint density at radius 1 is 1.38 bits per heavy atom. The maximum Gasteiger partial charge on any atom is 0.321 e. The molecule has 0 aliphatic carbocycles. The number of nitrogens with zero attached hydrogens (tertiary/aromatic N) is 1. The fourth-order valence-electron chi connectivity index (χ4n) is 2.44. The third kappa shape index (κ3) is 4.19. The summed E-state index contributed by atoms with van der Waals surface area (Å²) in [4.78, 5) is 24.7. The monoisotopic (exact) mass is 292 g/mol. The van der Waals surface area contributed by atoms with Crippen LogP contribution in [-0.4, -0.2) is 42.2 Å². The Hall–Kier alpha value is -2.08. The highest BCUT2D eigenvalue weighted by atomic mass is 16.5. The number of urea groups is 1. The van der Waals surface area contributed by atoms with Gasteiger partial charge in [0, 0.05) is 25.9 Å². The highest BCUT2D eigenvalue weighted by molar-refractivity contribution is 5.89. The van der Waals surface area contributed by atoms with E-state index in [9.17, 15) is 9.59 Å². The lowest BCUT2D eigenvalue weighted by atomic mass is 9.97. The highest BCUT2D eigenvalue weighted by Crippen LogP contribution is 2.19. The van der Waals surface area contributed by atoms with Crippen LogP contribution < -0.4 is 5.32 Å². The zero-order valence-corrected chi connectivity index (χ0v) is 12.0. The van der Waals surface area contributed by atoms with Crippen molar-refractivity contribution in [2.24, 2.45) is 5.92 Å². The summed E-state index contributed by atoms with van der Waals surface area (Å²) >= 11 is 0. The molecule has 1 heterocycles. The van der Waals surface area contributed by atoms with Gasteiger partial charge >= 0.3 is 12.0 Å². The van der Waals surface area contributed by atoms with Crippen LogP contribution in [0.3, 0.4) is 0 Å². The molecule has 1 aliphatic heterocycles. The van der Waals surface area contributed by atoms with Crippen LogP contribution in [-0.2, 0) is 16.1 Å². The second kappa shape index (κ2) is 7.08. The van der Waals surface area contributed by atoms with Crippen molar-refractivity contribution in [3.05, 3.63) is 29.8 Å². The third-order valence-electron chi connectivity index (χ3n) is 3.62. The number of piperidine rings is 1. The Kier molecular flexibility index (Phi) is 5.16. The number of carbonyl (C=O) groups is 2. The number of likely N-dealkylation sites (tertiary alicyclic amines) is 1. The second-order valence-corrected chi connectivity index (χ2v) is 5.16. The first kappa shape index (κ1) is 15.3. The molecule has 0 atom stereocenters. The van der Waals surface area contributed by atoms with E-state index in [0.29, 0.717) is 32.5 Å². The Bertz CT molecular complexity index is 510. The summed E-state index contributed by atoms with van der Waals surface area (Å²) in [6.45, 7) is 1.44. The molecule has 114 valence electrons. The average molecular weight is 292 g/mol. The summed E-state index contributed by atoms with van der Waals surface area (Å²) in [5.41, 5.74) is 1.70. The predicted octanol–water partition coefficient (Wildman–Crippen LogP) is 2.16. The number of hydrogen-bond acceptors (Lipinski definition) is 3. The van der Waals surface area contributed by atoms with Crippen molar-refractivity contribution in [3.63, 3.8) is 0 Å². The molecule has 0 unspecified atom stereocenters. The van der Waals surface area contributed by atoms with Crippen LogP contribution in [0.5, 0.6) is 0 Å². The van der Waals surface area contributed by atoms with Crippen molar-refractivity contribution in [2.75, 3.05) is 25.5 Å². The fourth-order valence-corrected chi connectivity index (χ4v) is 2.44. The molecule has 1 saturated heterocycles. The van der Waals surface area contributed by atoms with Gasteiger partial charge in [-0.3, -0.25) is 4.79 Å². The topological polar surface area (TPSA) is 78.9 Å². The zero-order valence-electron chi connectivity index (χ0n) is 12.0. The van der Waals surface area contributed by atoms with Gasteiger partial charge in [0.1, 0.15) is 0 Å². The van der Waals surface area contributed by atoms with Crippen LogP contribution in [0.4, 0.5) is 10.5 Å². The molecular formula is C15H20N2O4. The molecule has 2 amide bonds. The quantitative estimate of drug-likeness (QED) is 0.891.